The van der Waals surface area contributed by atoms with Gasteiger partial charge >= 0.3 is 5.97 Å². The number of carboxylic acid groups (broad SMARTS) is 1. The molecule has 4 heteroatoms. The van der Waals surface area contributed by atoms with Crippen LogP contribution in [0.25, 0.3) is 0 Å². The highest BCUT2D eigenvalue weighted by Crippen LogP contribution is 2.13. The Morgan fingerprint density at radius 2 is 2.33 bits per heavy atom. The maximum Gasteiger partial charge on any atom is 0.335 e. The van der Waals surface area contributed by atoms with Crippen molar-refractivity contribution in [3.63, 3.8) is 0 Å². The molecule has 0 atom stereocenters. The van der Waals surface area contributed by atoms with Crippen molar-refractivity contribution in [2.45, 2.75) is 6.42 Å². The first-order chi connectivity index (χ1) is 7.24. The maximum atomic E-state index is 10.7. The third-order valence-electron chi connectivity index (χ3n) is 1.84. The van der Waals surface area contributed by atoms with E-state index < -0.39 is 5.97 Å². The average molecular weight is 226 g/mol. The molecule has 3 nitrogen and oxygen atoms in total. The molecule has 1 rings (SSSR count). The van der Waals surface area contributed by atoms with E-state index >= 15 is 0 Å². The molecule has 1 aromatic rings. The van der Waals surface area contributed by atoms with Crippen LogP contribution in [0.5, 0.6) is 5.75 Å². The van der Waals surface area contributed by atoms with Crippen LogP contribution >= 0.6 is 11.8 Å². The number of aromatic carboxylic acids is 1. The number of rotatable bonds is 6. The molecule has 0 heterocycles. The molecule has 0 aromatic heterocycles. The number of hydrogen-bond acceptors (Lipinski definition) is 3. The van der Waals surface area contributed by atoms with Crippen LogP contribution in [0.4, 0.5) is 0 Å². The Hall–Kier alpha value is -1.16. The van der Waals surface area contributed by atoms with E-state index in [-0.39, 0.29) is 5.56 Å². The Bertz CT molecular complexity index is 325. The standard InChI is InChI=1S/C11H14O3S/c1-15-7-3-6-14-10-5-2-4-9(8-10)11(12)13/h2,4-5,8H,3,6-7H2,1H3,(H,12,13). The molecule has 0 saturated heterocycles. The van der Waals surface area contributed by atoms with Gasteiger partial charge in [0.05, 0.1) is 12.2 Å². The molecule has 82 valence electrons. The summed E-state index contributed by atoms with van der Waals surface area (Å²) in [7, 11) is 0. The first-order valence-corrected chi connectivity index (χ1v) is 6.08. The van der Waals surface area contributed by atoms with Crippen LogP contribution in [0.15, 0.2) is 24.3 Å². The summed E-state index contributed by atoms with van der Waals surface area (Å²) in [5, 5.41) is 8.76. The number of ether oxygens (including phenoxy) is 1. The zero-order chi connectivity index (χ0) is 11.1. The third-order valence-corrected chi connectivity index (χ3v) is 2.54. The normalized spacial score (nSPS) is 9.93. The second kappa shape index (κ2) is 6.35. The quantitative estimate of drug-likeness (QED) is 0.757. The number of thioether (sulfide) groups is 1. The highest BCUT2D eigenvalue weighted by Gasteiger charge is 2.03. The maximum absolute atomic E-state index is 10.7. The van der Waals surface area contributed by atoms with E-state index in [4.69, 9.17) is 9.84 Å². The van der Waals surface area contributed by atoms with Gasteiger partial charge in [-0.15, -0.1) is 0 Å². The van der Waals surface area contributed by atoms with Crippen LogP contribution in [-0.2, 0) is 0 Å². The number of carbonyl (C=O) groups is 1. The second-order valence-corrected chi connectivity index (χ2v) is 4.01. The molecule has 0 aliphatic heterocycles. The molecular weight excluding hydrogens is 212 g/mol. The first kappa shape index (κ1) is 11.9. The van der Waals surface area contributed by atoms with Crippen LogP contribution in [0, 0.1) is 0 Å². The van der Waals surface area contributed by atoms with Crippen LogP contribution in [0.2, 0.25) is 0 Å². The Morgan fingerprint density at radius 3 is 3.00 bits per heavy atom. The molecule has 0 bridgehead atoms. The van der Waals surface area contributed by atoms with Crippen molar-refractivity contribution in [3.05, 3.63) is 29.8 Å². The van der Waals surface area contributed by atoms with Crippen LogP contribution < -0.4 is 4.74 Å². The van der Waals surface area contributed by atoms with Crippen molar-refractivity contribution < 1.29 is 14.6 Å². The van der Waals surface area contributed by atoms with Gasteiger partial charge in [-0.3, -0.25) is 0 Å². The summed E-state index contributed by atoms with van der Waals surface area (Å²) in [6.45, 7) is 0.629. The minimum atomic E-state index is -0.926. The molecule has 15 heavy (non-hydrogen) atoms. The van der Waals surface area contributed by atoms with Crippen molar-refractivity contribution in [1.29, 1.82) is 0 Å². The fraction of sp³-hybridized carbons (Fsp3) is 0.364. The van der Waals surface area contributed by atoms with Gasteiger partial charge in [-0.1, -0.05) is 6.07 Å². The summed E-state index contributed by atoms with van der Waals surface area (Å²) in [5.41, 5.74) is 0.261. The Balaban J connectivity index is 2.47. The lowest BCUT2D eigenvalue weighted by Gasteiger charge is -2.05. The molecular formula is C11H14O3S. The molecule has 1 aromatic carbocycles. The summed E-state index contributed by atoms with van der Waals surface area (Å²) in [6, 6.07) is 6.55. The zero-order valence-electron chi connectivity index (χ0n) is 8.60. The van der Waals surface area contributed by atoms with E-state index in [9.17, 15) is 4.79 Å². The highest BCUT2D eigenvalue weighted by atomic mass is 32.2. The summed E-state index contributed by atoms with van der Waals surface area (Å²) in [6.07, 6.45) is 3.02. The van der Waals surface area contributed by atoms with Gasteiger partial charge in [0.2, 0.25) is 0 Å². The Morgan fingerprint density at radius 1 is 1.53 bits per heavy atom. The minimum absolute atomic E-state index is 0.261. The predicted molar refractivity (Wildman–Crippen MR) is 61.9 cm³/mol. The molecule has 0 unspecified atom stereocenters. The molecule has 0 spiro atoms. The average Bonchev–Trinajstić information content (AvgIpc) is 2.25. The van der Waals surface area contributed by atoms with Crippen molar-refractivity contribution in [2.24, 2.45) is 0 Å². The fourth-order valence-electron chi connectivity index (χ4n) is 1.11. The van der Waals surface area contributed by atoms with Crippen molar-refractivity contribution in [2.75, 3.05) is 18.6 Å². The van der Waals surface area contributed by atoms with Gasteiger partial charge in [0, 0.05) is 0 Å². The van der Waals surface area contributed by atoms with Gasteiger partial charge in [0.25, 0.3) is 0 Å². The van der Waals surface area contributed by atoms with E-state index in [1.165, 1.54) is 0 Å². The van der Waals surface area contributed by atoms with Crippen molar-refractivity contribution in [1.82, 2.24) is 0 Å². The highest BCUT2D eigenvalue weighted by molar-refractivity contribution is 7.98. The van der Waals surface area contributed by atoms with Crippen molar-refractivity contribution >= 4 is 17.7 Å². The number of carboxylic acids is 1. The lowest BCUT2D eigenvalue weighted by Crippen LogP contribution is -2.01. The topological polar surface area (TPSA) is 46.5 Å². The van der Waals surface area contributed by atoms with Gasteiger partial charge in [-0.05, 0) is 36.6 Å². The lowest BCUT2D eigenvalue weighted by molar-refractivity contribution is 0.0696. The number of hydrogen-bond donors (Lipinski definition) is 1. The van der Waals surface area contributed by atoms with E-state index in [1.807, 2.05) is 6.26 Å². The Labute approximate surface area is 93.4 Å². The van der Waals surface area contributed by atoms with E-state index in [2.05, 4.69) is 0 Å². The zero-order valence-corrected chi connectivity index (χ0v) is 9.42. The fourth-order valence-corrected chi connectivity index (χ4v) is 1.52. The molecule has 0 aliphatic rings. The molecule has 0 amide bonds. The molecule has 1 N–H and O–H groups in total. The van der Waals surface area contributed by atoms with Gasteiger partial charge in [0.1, 0.15) is 5.75 Å². The number of benzene rings is 1. The molecule has 0 fully saturated rings. The van der Waals surface area contributed by atoms with Gasteiger partial charge in [0.15, 0.2) is 0 Å². The largest absolute Gasteiger partial charge is 0.494 e. The van der Waals surface area contributed by atoms with Crippen molar-refractivity contribution in [3.8, 4) is 5.75 Å². The van der Waals surface area contributed by atoms with Crippen LogP contribution in [0.1, 0.15) is 16.8 Å². The Kier molecular flexibility index (Phi) is 5.04. The SMILES string of the molecule is CSCCCOc1cccc(C(=O)O)c1. The van der Waals surface area contributed by atoms with Gasteiger partial charge < -0.3 is 9.84 Å². The second-order valence-electron chi connectivity index (χ2n) is 3.03. The summed E-state index contributed by atoms with van der Waals surface area (Å²) < 4.78 is 5.42. The predicted octanol–water partition coefficient (Wildman–Crippen LogP) is 2.52. The molecule has 0 saturated carbocycles. The van der Waals surface area contributed by atoms with Crippen LogP contribution in [0.3, 0.4) is 0 Å². The van der Waals surface area contributed by atoms with Gasteiger partial charge in [-0.2, -0.15) is 11.8 Å². The lowest BCUT2D eigenvalue weighted by atomic mass is 10.2. The third kappa shape index (κ3) is 4.25. The van der Waals surface area contributed by atoms with E-state index in [0.717, 1.165) is 12.2 Å². The van der Waals surface area contributed by atoms with E-state index in [1.54, 1.807) is 36.0 Å². The van der Waals surface area contributed by atoms with E-state index in [0.29, 0.717) is 12.4 Å². The van der Waals surface area contributed by atoms with Gasteiger partial charge in [-0.25, -0.2) is 4.79 Å². The van der Waals surface area contributed by atoms with Crippen LogP contribution in [-0.4, -0.2) is 29.7 Å². The smallest absolute Gasteiger partial charge is 0.335 e. The molecule has 0 radical (unpaired) electrons. The monoisotopic (exact) mass is 226 g/mol. The summed E-state index contributed by atoms with van der Waals surface area (Å²) in [4.78, 5) is 10.7. The minimum Gasteiger partial charge on any atom is -0.494 e. The summed E-state index contributed by atoms with van der Waals surface area (Å²) in [5.74, 6) is 0.749. The first-order valence-electron chi connectivity index (χ1n) is 4.69. The molecule has 0 aliphatic carbocycles. The summed E-state index contributed by atoms with van der Waals surface area (Å²) >= 11 is 1.77.